The second-order valence-electron chi connectivity index (χ2n) is 4.58. The average Bonchev–Trinajstić information content (AvgIpc) is 2.52. The van der Waals surface area contributed by atoms with Crippen molar-refractivity contribution in [1.29, 1.82) is 0 Å². The topological polar surface area (TPSA) is 42.7 Å². The van der Waals surface area contributed by atoms with Crippen molar-refractivity contribution in [3.63, 3.8) is 0 Å². The summed E-state index contributed by atoms with van der Waals surface area (Å²) in [6.07, 6.45) is 1.87. The second kappa shape index (κ2) is 4.12. The van der Waals surface area contributed by atoms with E-state index in [1.165, 1.54) is 0 Å². The van der Waals surface area contributed by atoms with Crippen LogP contribution in [0.3, 0.4) is 0 Å². The summed E-state index contributed by atoms with van der Waals surface area (Å²) in [5.41, 5.74) is 3.03. The van der Waals surface area contributed by atoms with Gasteiger partial charge in [0.2, 0.25) is 0 Å². The van der Waals surface area contributed by atoms with Crippen molar-refractivity contribution >= 4 is 16.7 Å². The van der Waals surface area contributed by atoms with Crippen LogP contribution in [-0.4, -0.2) is 21.3 Å². The summed E-state index contributed by atoms with van der Waals surface area (Å²) in [6.45, 7) is 7.35. The first-order valence-electron chi connectivity index (χ1n) is 5.61. The Balaban J connectivity index is 2.32. The molecule has 0 unspecified atom stereocenters. The number of nitrogens with one attached hydrogen (secondary N) is 1. The Morgan fingerprint density at radius 3 is 2.88 bits per heavy atom. The molecule has 2 aromatic rings. The van der Waals surface area contributed by atoms with E-state index in [4.69, 9.17) is 0 Å². The van der Waals surface area contributed by atoms with Crippen molar-refractivity contribution in [2.45, 2.75) is 20.8 Å². The summed E-state index contributed by atoms with van der Waals surface area (Å²) >= 11 is 0. The van der Waals surface area contributed by atoms with E-state index in [1.807, 2.05) is 24.9 Å². The summed E-state index contributed by atoms with van der Waals surface area (Å²) in [4.78, 5) is 4.42. The van der Waals surface area contributed by atoms with E-state index in [2.05, 4.69) is 35.3 Å². The molecule has 0 aliphatic heterocycles. The molecule has 0 fully saturated rings. The van der Waals surface area contributed by atoms with Gasteiger partial charge in [0.15, 0.2) is 5.65 Å². The van der Waals surface area contributed by atoms with Crippen molar-refractivity contribution < 1.29 is 0 Å². The molecule has 0 aliphatic rings. The molecule has 86 valence electrons. The zero-order valence-electron chi connectivity index (χ0n) is 10.3. The van der Waals surface area contributed by atoms with Gasteiger partial charge >= 0.3 is 0 Å². The van der Waals surface area contributed by atoms with Gasteiger partial charge in [-0.15, -0.1) is 0 Å². The Hall–Kier alpha value is -1.58. The SMILES string of the molecule is Cc1nn(C)c2ncc(NCC(C)C)cc12. The molecule has 0 spiro atoms. The Morgan fingerprint density at radius 2 is 2.19 bits per heavy atom. The standard InChI is InChI=1S/C12H18N4/c1-8(2)6-13-10-5-11-9(3)15-16(4)12(11)14-7-10/h5,7-8,13H,6H2,1-4H3. The highest BCUT2D eigenvalue weighted by molar-refractivity contribution is 5.81. The molecule has 0 amide bonds. The highest BCUT2D eigenvalue weighted by Crippen LogP contribution is 2.19. The van der Waals surface area contributed by atoms with Gasteiger partial charge in [-0.05, 0) is 18.9 Å². The van der Waals surface area contributed by atoms with Crippen LogP contribution in [0.2, 0.25) is 0 Å². The van der Waals surface area contributed by atoms with Crippen LogP contribution in [0.4, 0.5) is 5.69 Å². The van der Waals surface area contributed by atoms with Crippen molar-refractivity contribution in [1.82, 2.24) is 14.8 Å². The normalized spacial score (nSPS) is 11.3. The summed E-state index contributed by atoms with van der Waals surface area (Å²) in [6, 6.07) is 2.12. The van der Waals surface area contributed by atoms with E-state index in [0.717, 1.165) is 29.0 Å². The van der Waals surface area contributed by atoms with Gasteiger partial charge in [0, 0.05) is 19.0 Å². The maximum Gasteiger partial charge on any atom is 0.157 e. The molecular formula is C12H18N4. The molecule has 2 aromatic heterocycles. The Labute approximate surface area is 95.7 Å². The molecule has 0 saturated carbocycles. The first-order chi connectivity index (χ1) is 7.58. The van der Waals surface area contributed by atoms with Gasteiger partial charge in [-0.25, -0.2) is 4.98 Å². The molecule has 0 aromatic carbocycles. The van der Waals surface area contributed by atoms with Crippen molar-refractivity contribution in [3.8, 4) is 0 Å². The van der Waals surface area contributed by atoms with Crippen LogP contribution in [-0.2, 0) is 7.05 Å². The predicted molar refractivity (Wildman–Crippen MR) is 66.6 cm³/mol. The maximum atomic E-state index is 4.42. The number of anilines is 1. The lowest BCUT2D eigenvalue weighted by atomic mass is 10.2. The fraction of sp³-hybridized carbons (Fsp3) is 0.500. The molecule has 4 heteroatoms. The van der Waals surface area contributed by atoms with Gasteiger partial charge in [-0.1, -0.05) is 13.8 Å². The largest absolute Gasteiger partial charge is 0.384 e. The molecule has 0 aliphatic carbocycles. The minimum absolute atomic E-state index is 0.630. The highest BCUT2D eigenvalue weighted by Gasteiger charge is 2.06. The molecule has 0 saturated heterocycles. The third-order valence-electron chi connectivity index (χ3n) is 2.58. The predicted octanol–water partition coefficient (Wildman–Crippen LogP) is 2.34. The maximum absolute atomic E-state index is 4.42. The number of rotatable bonds is 3. The molecule has 1 N–H and O–H groups in total. The zero-order valence-corrected chi connectivity index (χ0v) is 10.3. The van der Waals surface area contributed by atoms with Gasteiger partial charge < -0.3 is 5.32 Å². The molecule has 0 atom stereocenters. The number of nitrogens with zero attached hydrogens (tertiary/aromatic N) is 3. The third-order valence-corrected chi connectivity index (χ3v) is 2.58. The number of aryl methyl sites for hydroxylation is 2. The van der Waals surface area contributed by atoms with Crippen molar-refractivity contribution in [2.75, 3.05) is 11.9 Å². The Kier molecular flexibility index (Phi) is 2.81. The smallest absolute Gasteiger partial charge is 0.157 e. The first kappa shape index (κ1) is 10.9. The average molecular weight is 218 g/mol. The molecule has 4 nitrogen and oxygen atoms in total. The van der Waals surface area contributed by atoms with Gasteiger partial charge in [-0.2, -0.15) is 5.10 Å². The lowest BCUT2D eigenvalue weighted by molar-refractivity contribution is 0.689. The lowest BCUT2D eigenvalue weighted by Crippen LogP contribution is -2.08. The van der Waals surface area contributed by atoms with Gasteiger partial charge in [0.1, 0.15) is 0 Å². The van der Waals surface area contributed by atoms with Crippen LogP contribution in [0.15, 0.2) is 12.3 Å². The van der Waals surface area contributed by atoms with E-state index in [9.17, 15) is 0 Å². The van der Waals surface area contributed by atoms with Crippen LogP contribution in [0, 0.1) is 12.8 Å². The first-order valence-corrected chi connectivity index (χ1v) is 5.61. The quantitative estimate of drug-likeness (QED) is 0.860. The Morgan fingerprint density at radius 1 is 1.44 bits per heavy atom. The molecular weight excluding hydrogens is 200 g/mol. The molecule has 0 bridgehead atoms. The van der Waals surface area contributed by atoms with Crippen LogP contribution in [0.25, 0.3) is 11.0 Å². The fourth-order valence-corrected chi connectivity index (χ4v) is 1.73. The lowest BCUT2D eigenvalue weighted by Gasteiger charge is -2.08. The monoisotopic (exact) mass is 218 g/mol. The van der Waals surface area contributed by atoms with E-state index in [-0.39, 0.29) is 0 Å². The van der Waals surface area contributed by atoms with Crippen LogP contribution < -0.4 is 5.32 Å². The van der Waals surface area contributed by atoms with E-state index >= 15 is 0 Å². The Bertz CT molecular complexity index is 499. The molecule has 0 radical (unpaired) electrons. The second-order valence-corrected chi connectivity index (χ2v) is 4.58. The van der Waals surface area contributed by atoms with Crippen LogP contribution in [0.1, 0.15) is 19.5 Å². The molecule has 2 heterocycles. The summed E-state index contributed by atoms with van der Waals surface area (Å²) < 4.78 is 1.82. The molecule has 16 heavy (non-hydrogen) atoms. The highest BCUT2D eigenvalue weighted by atomic mass is 15.3. The van der Waals surface area contributed by atoms with Crippen molar-refractivity contribution in [3.05, 3.63) is 18.0 Å². The minimum Gasteiger partial charge on any atom is -0.384 e. The number of hydrogen-bond donors (Lipinski definition) is 1. The van der Waals surface area contributed by atoms with E-state index in [1.54, 1.807) is 0 Å². The number of pyridine rings is 1. The summed E-state index contributed by atoms with van der Waals surface area (Å²) in [7, 11) is 1.92. The number of aromatic nitrogens is 3. The fourth-order valence-electron chi connectivity index (χ4n) is 1.73. The summed E-state index contributed by atoms with van der Waals surface area (Å²) in [5, 5.41) is 8.85. The number of fused-ring (bicyclic) bond motifs is 1. The summed E-state index contributed by atoms with van der Waals surface area (Å²) in [5.74, 6) is 0.630. The van der Waals surface area contributed by atoms with E-state index < -0.39 is 0 Å². The van der Waals surface area contributed by atoms with E-state index in [0.29, 0.717) is 5.92 Å². The van der Waals surface area contributed by atoms with Crippen LogP contribution in [0.5, 0.6) is 0 Å². The third kappa shape index (κ3) is 2.01. The van der Waals surface area contributed by atoms with Gasteiger partial charge in [-0.3, -0.25) is 4.68 Å². The number of hydrogen-bond acceptors (Lipinski definition) is 3. The van der Waals surface area contributed by atoms with Gasteiger partial charge in [0.05, 0.1) is 17.6 Å². The van der Waals surface area contributed by atoms with Gasteiger partial charge in [0.25, 0.3) is 0 Å². The van der Waals surface area contributed by atoms with Crippen molar-refractivity contribution in [2.24, 2.45) is 13.0 Å². The molecule has 2 rings (SSSR count). The van der Waals surface area contributed by atoms with Crippen LogP contribution >= 0.6 is 0 Å². The minimum atomic E-state index is 0.630. The zero-order chi connectivity index (χ0) is 11.7.